The van der Waals surface area contributed by atoms with Crippen molar-refractivity contribution in [1.29, 1.82) is 0 Å². The molecule has 0 bridgehead atoms. The van der Waals surface area contributed by atoms with Crippen LogP contribution in [0.2, 0.25) is 10.2 Å². The summed E-state index contributed by atoms with van der Waals surface area (Å²) in [7, 11) is 2.33. The summed E-state index contributed by atoms with van der Waals surface area (Å²) in [6.07, 6.45) is 0.291. The minimum absolute atomic E-state index is 0.0733. The Morgan fingerprint density at radius 1 is 1.21 bits per heavy atom. The van der Waals surface area contributed by atoms with Gasteiger partial charge >= 0.3 is 18.0 Å². The number of esters is 2. The molecule has 1 aromatic rings. The highest BCUT2D eigenvalue weighted by atomic mass is 35.5. The molecule has 11 heteroatoms. The minimum atomic E-state index is -1.78. The fourth-order valence-electron chi connectivity index (χ4n) is 2.87. The molecule has 0 aliphatic carbocycles. The lowest BCUT2D eigenvalue weighted by molar-refractivity contribution is -0.158. The molecule has 1 aromatic heterocycles. The van der Waals surface area contributed by atoms with Gasteiger partial charge in [-0.15, -0.1) is 0 Å². The Labute approximate surface area is 178 Å². The van der Waals surface area contributed by atoms with Gasteiger partial charge in [-0.1, -0.05) is 23.2 Å². The largest absolute Gasteiger partial charge is 0.469 e. The van der Waals surface area contributed by atoms with E-state index in [0.717, 1.165) is 12.0 Å². The molecule has 1 saturated heterocycles. The van der Waals surface area contributed by atoms with Gasteiger partial charge < -0.3 is 18.9 Å². The van der Waals surface area contributed by atoms with Gasteiger partial charge in [0.25, 0.3) is 0 Å². The Morgan fingerprint density at radius 2 is 1.86 bits per heavy atom. The predicted octanol–water partition coefficient (Wildman–Crippen LogP) is 2.86. The quantitative estimate of drug-likeness (QED) is 0.393. The van der Waals surface area contributed by atoms with Gasteiger partial charge in [-0.25, -0.2) is 19.4 Å². The van der Waals surface area contributed by atoms with Crippen molar-refractivity contribution in [3.63, 3.8) is 0 Å². The lowest BCUT2D eigenvalue weighted by Gasteiger charge is -2.29. The molecule has 29 heavy (non-hydrogen) atoms. The first-order chi connectivity index (χ1) is 13.4. The van der Waals surface area contributed by atoms with Crippen molar-refractivity contribution < 1.29 is 33.3 Å². The molecule has 160 valence electrons. The third-order valence-corrected chi connectivity index (χ3v) is 4.66. The smallest absolute Gasteiger partial charge is 0.411 e. The molecule has 9 nitrogen and oxygen atoms in total. The van der Waals surface area contributed by atoms with Crippen LogP contribution in [0.3, 0.4) is 0 Å². The molecule has 2 rings (SSSR count). The van der Waals surface area contributed by atoms with Crippen LogP contribution in [0.5, 0.6) is 5.75 Å². The molecule has 0 unspecified atom stereocenters. The predicted molar refractivity (Wildman–Crippen MR) is 103 cm³/mol. The number of hydrogen-bond acceptors (Lipinski definition) is 8. The van der Waals surface area contributed by atoms with E-state index in [1.807, 2.05) is 0 Å². The Morgan fingerprint density at radius 3 is 2.38 bits per heavy atom. The lowest BCUT2D eigenvalue weighted by Crippen LogP contribution is -2.49. The van der Waals surface area contributed by atoms with Crippen LogP contribution in [0, 0.1) is 0 Å². The van der Waals surface area contributed by atoms with Crippen molar-refractivity contribution in [2.24, 2.45) is 0 Å². The van der Waals surface area contributed by atoms with Crippen molar-refractivity contribution in [1.82, 2.24) is 9.88 Å². The maximum atomic E-state index is 12.7. The Bertz CT molecular complexity index is 792. The maximum Gasteiger partial charge on any atom is 0.411 e. The van der Waals surface area contributed by atoms with Crippen LogP contribution in [-0.2, 0) is 23.8 Å². The van der Waals surface area contributed by atoms with Crippen LogP contribution < -0.4 is 4.74 Å². The lowest BCUT2D eigenvalue weighted by atomic mass is 10.00. The molecule has 0 aromatic carbocycles. The second kappa shape index (κ2) is 8.62. The van der Waals surface area contributed by atoms with E-state index in [2.05, 4.69) is 4.98 Å². The van der Waals surface area contributed by atoms with Crippen LogP contribution in [0.1, 0.15) is 27.2 Å². The molecular formula is C18H22Cl2N2O7. The van der Waals surface area contributed by atoms with E-state index in [-0.39, 0.29) is 28.9 Å². The van der Waals surface area contributed by atoms with E-state index >= 15 is 0 Å². The van der Waals surface area contributed by atoms with Crippen molar-refractivity contribution in [3.8, 4) is 5.75 Å². The van der Waals surface area contributed by atoms with Crippen LogP contribution in [0.25, 0.3) is 0 Å². The Hall–Kier alpha value is -2.26. The van der Waals surface area contributed by atoms with Gasteiger partial charge in [0.05, 0.1) is 25.8 Å². The first-order valence-corrected chi connectivity index (χ1v) is 9.34. The number of aromatic nitrogens is 1. The zero-order chi connectivity index (χ0) is 22.0. The average molecular weight is 449 g/mol. The molecule has 0 N–H and O–H groups in total. The van der Waals surface area contributed by atoms with Crippen molar-refractivity contribution in [3.05, 3.63) is 22.4 Å². The van der Waals surface area contributed by atoms with E-state index in [4.69, 9.17) is 42.1 Å². The number of hydrogen-bond donors (Lipinski definition) is 0. The van der Waals surface area contributed by atoms with Gasteiger partial charge in [0.1, 0.15) is 11.6 Å². The van der Waals surface area contributed by atoms with Crippen LogP contribution >= 0.6 is 23.2 Å². The van der Waals surface area contributed by atoms with E-state index in [9.17, 15) is 14.4 Å². The molecule has 0 radical (unpaired) electrons. The van der Waals surface area contributed by atoms with E-state index in [0.29, 0.717) is 0 Å². The number of pyridine rings is 1. The topological polar surface area (TPSA) is 104 Å². The fraction of sp³-hybridized carbons (Fsp3) is 0.556. The van der Waals surface area contributed by atoms with Gasteiger partial charge in [-0.2, -0.15) is 0 Å². The standard InChI is InChI=1S/C18H22Cl2N2O7/c1-17(2,3)29-16(25)22-9-18(15(24)27-5,8-11(22)14(23)26-4)28-12-10(19)6-7-21-13(12)20/h6-7,11H,8-9H2,1-5H3/t11-,18+/m0/s1. The molecule has 0 spiro atoms. The monoisotopic (exact) mass is 448 g/mol. The number of rotatable bonds is 4. The van der Waals surface area contributed by atoms with Crippen LogP contribution in [0.15, 0.2) is 12.3 Å². The van der Waals surface area contributed by atoms with Gasteiger partial charge in [-0.3, -0.25) is 4.90 Å². The first-order valence-electron chi connectivity index (χ1n) is 8.59. The van der Waals surface area contributed by atoms with Crippen molar-refractivity contribution >= 4 is 41.2 Å². The minimum Gasteiger partial charge on any atom is -0.469 e. The molecule has 2 atom stereocenters. The maximum absolute atomic E-state index is 12.7. The number of carbonyl (C=O) groups is 3. The first kappa shape index (κ1) is 23.0. The summed E-state index contributed by atoms with van der Waals surface area (Å²) in [5, 5.41) is 0.00438. The highest BCUT2D eigenvalue weighted by Gasteiger charge is 2.58. The van der Waals surface area contributed by atoms with E-state index < -0.39 is 35.3 Å². The highest BCUT2D eigenvalue weighted by Crippen LogP contribution is 2.39. The van der Waals surface area contributed by atoms with E-state index in [1.165, 1.54) is 19.4 Å². The Balaban J connectivity index is 2.48. The highest BCUT2D eigenvalue weighted by molar-refractivity contribution is 6.36. The number of ether oxygens (including phenoxy) is 4. The molecule has 0 saturated carbocycles. The summed E-state index contributed by atoms with van der Waals surface area (Å²) < 4.78 is 20.9. The summed E-state index contributed by atoms with van der Waals surface area (Å²) in [6.45, 7) is 4.67. The number of methoxy groups -OCH3 is 2. The average Bonchev–Trinajstić information content (AvgIpc) is 3.03. The van der Waals surface area contributed by atoms with Gasteiger partial charge in [-0.05, 0) is 26.8 Å². The molecular weight excluding hydrogens is 427 g/mol. The van der Waals surface area contributed by atoms with Gasteiger partial charge in [0, 0.05) is 12.6 Å². The number of nitrogens with zero attached hydrogens (tertiary/aromatic N) is 2. The molecule has 1 aliphatic heterocycles. The number of likely N-dealkylation sites (tertiary alicyclic amines) is 1. The fourth-order valence-corrected chi connectivity index (χ4v) is 3.30. The normalized spacial score (nSPS) is 21.5. The Kier molecular flexibility index (Phi) is 6.85. The van der Waals surface area contributed by atoms with Crippen molar-refractivity contribution in [2.75, 3.05) is 20.8 Å². The number of amides is 1. The molecule has 1 aliphatic rings. The summed E-state index contributed by atoms with van der Waals surface area (Å²) in [5.74, 6) is -1.64. The summed E-state index contributed by atoms with van der Waals surface area (Å²) in [6, 6.07) is 0.273. The summed E-state index contributed by atoms with van der Waals surface area (Å²) in [5.41, 5.74) is -2.61. The molecule has 1 amide bonds. The molecule has 2 heterocycles. The second-order valence-electron chi connectivity index (χ2n) is 7.35. The summed E-state index contributed by atoms with van der Waals surface area (Å²) >= 11 is 12.2. The zero-order valence-electron chi connectivity index (χ0n) is 16.7. The van der Waals surface area contributed by atoms with Crippen LogP contribution in [-0.4, -0.2) is 65.9 Å². The van der Waals surface area contributed by atoms with Gasteiger partial charge in [0.15, 0.2) is 10.9 Å². The zero-order valence-corrected chi connectivity index (χ0v) is 18.2. The second-order valence-corrected chi connectivity index (χ2v) is 8.12. The third-order valence-electron chi connectivity index (χ3n) is 4.09. The number of carbonyl (C=O) groups excluding carboxylic acids is 3. The SMILES string of the molecule is COC(=O)[C@@H]1C[C@](Oc2c(Cl)ccnc2Cl)(C(=O)OC)CN1C(=O)OC(C)(C)C. The number of halogens is 2. The third kappa shape index (κ3) is 5.02. The van der Waals surface area contributed by atoms with Gasteiger partial charge in [0.2, 0.25) is 5.60 Å². The van der Waals surface area contributed by atoms with E-state index in [1.54, 1.807) is 20.8 Å². The van der Waals surface area contributed by atoms with Crippen molar-refractivity contribution in [2.45, 2.75) is 44.4 Å². The van der Waals surface area contributed by atoms with Crippen LogP contribution in [0.4, 0.5) is 4.79 Å². The summed E-state index contributed by atoms with van der Waals surface area (Å²) in [4.78, 5) is 42.7. The molecule has 1 fully saturated rings.